The van der Waals surface area contributed by atoms with Gasteiger partial charge in [0.1, 0.15) is 0 Å². The number of carbonyl (C=O) groups excluding carboxylic acids is 1. The average molecular weight is 338 g/mol. The van der Waals surface area contributed by atoms with Gasteiger partial charge in [0.15, 0.2) is 5.69 Å². The van der Waals surface area contributed by atoms with E-state index in [0.29, 0.717) is 18.3 Å². The van der Waals surface area contributed by atoms with Gasteiger partial charge in [0.05, 0.1) is 6.54 Å². The standard InChI is InChI=1S/C20H26N4O/c1-4-12-24-18-11-10-16(21-14-15-8-6-5-7-9-15)13-17(18)19(22-24)20(25)23(2)3/h4-9,16,21H,1,10-14H2,2-3H3/t16-/m1/s1. The number of aromatic nitrogens is 2. The zero-order chi connectivity index (χ0) is 17.8. The fourth-order valence-corrected chi connectivity index (χ4v) is 3.38. The van der Waals surface area contributed by atoms with Crippen LogP contribution in [-0.4, -0.2) is 40.7 Å². The van der Waals surface area contributed by atoms with Crippen molar-refractivity contribution in [3.63, 3.8) is 0 Å². The Hall–Kier alpha value is -2.40. The van der Waals surface area contributed by atoms with Crippen LogP contribution in [0, 0.1) is 0 Å². The normalized spacial score (nSPS) is 16.3. The van der Waals surface area contributed by atoms with Crippen molar-refractivity contribution in [3.05, 3.63) is 65.5 Å². The maximum Gasteiger partial charge on any atom is 0.274 e. The molecule has 5 heteroatoms. The smallest absolute Gasteiger partial charge is 0.274 e. The molecule has 5 nitrogen and oxygen atoms in total. The number of carbonyl (C=O) groups is 1. The number of nitrogens with zero attached hydrogens (tertiary/aromatic N) is 3. The Bertz CT molecular complexity index is 749. The monoisotopic (exact) mass is 338 g/mol. The molecule has 1 aromatic heterocycles. The molecule has 25 heavy (non-hydrogen) atoms. The van der Waals surface area contributed by atoms with Gasteiger partial charge in [0.2, 0.25) is 0 Å². The number of allylic oxidation sites excluding steroid dienone is 1. The van der Waals surface area contributed by atoms with E-state index in [1.54, 1.807) is 19.0 Å². The Balaban J connectivity index is 1.78. The molecular weight excluding hydrogens is 312 g/mol. The largest absolute Gasteiger partial charge is 0.343 e. The molecule has 0 unspecified atom stereocenters. The maximum atomic E-state index is 12.5. The first kappa shape index (κ1) is 17.4. The molecule has 1 N–H and O–H groups in total. The fourth-order valence-electron chi connectivity index (χ4n) is 3.38. The van der Waals surface area contributed by atoms with Crippen LogP contribution in [0.15, 0.2) is 43.0 Å². The molecular formula is C20H26N4O. The molecule has 1 aliphatic carbocycles. The van der Waals surface area contributed by atoms with Gasteiger partial charge in [-0.05, 0) is 24.8 Å². The number of nitrogens with one attached hydrogen (secondary N) is 1. The van der Waals surface area contributed by atoms with Gasteiger partial charge in [-0.25, -0.2) is 0 Å². The highest BCUT2D eigenvalue weighted by Gasteiger charge is 2.29. The molecule has 3 rings (SSSR count). The molecule has 1 atom stereocenters. The lowest BCUT2D eigenvalue weighted by molar-refractivity contribution is 0.0820. The van der Waals surface area contributed by atoms with Gasteiger partial charge in [-0.1, -0.05) is 36.4 Å². The van der Waals surface area contributed by atoms with Gasteiger partial charge in [0, 0.05) is 37.9 Å². The fraction of sp³-hybridized carbons (Fsp3) is 0.400. The van der Waals surface area contributed by atoms with E-state index < -0.39 is 0 Å². The summed E-state index contributed by atoms with van der Waals surface area (Å²) in [5.74, 6) is -0.0252. The summed E-state index contributed by atoms with van der Waals surface area (Å²) in [5, 5.41) is 8.22. The van der Waals surface area contributed by atoms with E-state index in [9.17, 15) is 4.79 Å². The molecule has 2 aromatic rings. The third-order valence-corrected chi connectivity index (χ3v) is 4.70. The first-order valence-corrected chi connectivity index (χ1v) is 8.78. The number of amides is 1. The molecule has 1 amide bonds. The summed E-state index contributed by atoms with van der Waals surface area (Å²) < 4.78 is 1.94. The van der Waals surface area contributed by atoms with E-state index in [1.807, 2.05) is 16.8 Å². The van der Waals surface area contributed by atoms with Crippen LogP contribution in [0.1, 0.15) is 33.7 Å². The number of hydrogen-bond donors (Lipinski definition) is 1. The Morgan fingerprint density at radius 1 is 1.40 bits per heavy atom. The predicted molar refractivity (Wildman–Crippen MR) is 99.5 cm³/mol. The molecule has 0 radical (unpaired) electrons. The topological polar surface area (TPSA) is 50.2 Å². The van der Waals surface area contributed by atoms with Crippen molar-refractivity contribution >= 4 is 5.91 Å². The Labute approximate surface area is 149 Å². The summed E-state index contributed by atoms with van der Waals surface area (Å²) in [7, 11) is 3.55. The SMILES string of the molecule is C=CCn1nc(C(=O)N(C)C)c2c1CC[C@@H](NCc1ccccc1)C2. The van der Waals surface area contributed by atoms with Crippen LogP contribution < -0.4 is 5.32 Å². The average Bonchev–Trinajstić information content (AvgIpc) is 2.98. The zero-order valence-electron chi connectivity index (χ0n) is 15.0. The second-order valence-corrected chi connectivity index (χ2v) is 6.75. The molecule has 0 spiro atoms. The molecule has 1 heterocycles. The molecule has 0 aliphatic heterocycles. The lowest BCUT2D eigenvalue weighted by Gasteiger charge is -2.25. The number of benzene rings is 1. The van der Waals surface area contributed by atoms with Crippen LogP contribution >= 0.6 is 0 Å². The summed E-state index contributed by atoms with van der Waals surface area (Å²) in [5.41, 5.74) is 4.15. The highest BCUT2D eigenvalue weighted by molar-refractivity contribution is 5.93. The van der Waals surface area contributed by atoms with Crippen molar-refractivity contribution in [2.24, 2.45) is 0 Å². The van der Waals surface area contributed by atoms with Crippen molar-refractivity contribution in [1.82, 2.24) is 20.0 Å². The zero-order valence-corrected chi connectivity index (χ0v) is 15.0. The van der Waals surface area contributed by atoms with E-state index in [1.165, 1.54) is 11.3 Å². The van der Waals surface area contributed by atoms with Crippen LogP contribution in [0.5, 0.6) is 0 Å². The first-order valence-electron chi connectivity index (χ1n) is 8.78. The minimum absolute atomic E-state index is 0.0252. The number of hydrogen-bond acceptors (Lipinski definition) is 3. The van der Waals surface area contributed by atoms with Crippen LogP contribution in [0.4, 0.5) is 0 Å². The summed E-state index contributed by atoms with van der Waals surface area (Å²) >= 11 is 0. The van der Waals surface area contributed by atoms with Crippen molar-refractivity contribution in [1.29, 1.82) is 0 Å². The van der Waals surface area contributed by atoms with Crippen LogP contribution in [0.3, 0.4) is 0 Å². The summed E-state index contributed by atoms with van der Waals surface area (Å²) in [6.07, 6.45) is 4.66. The van der Waals surface area contributed by atoms with Crippen molar-refractivity contribution in [3.8, 4) is 0 Å². The van der Waals surface area contributed by atoms with Crippen LogP contribution in [0.2, 0.25) is 0 Å². The molecule has 0 bridgehead atoms. The van der Waals surface area contributed by atoms with Gasteiger partial charge in [-0.15, -0.1) is 6.58 Å². The van der Waals surface area contributed by atoms with Crippen molar-refractivity contribution in [2.75, 3.05) is 14.1 Å². The van der Waals surface area contributed by atoms with Crippen molar-refractivity contribution in [2.45, 2.75) is 38.4 Å². The Kier molecular flexibility index (Phi) is 5.34. The quantitative estimate of drug-likeness (QED) is 0.823. The Morgan fingerprint density at radius 3 is 2.84 bits per heavy atom. The van der Waals surface area contributed by atoms with Gasteiger partial charge in [-0.3, -0.25) is 9.48 Å². The van der Waals surface area contributed by atoms with Gasteiger partial charge in [-0.2, -0.15) is 5.10 Å². The molecule has 1 aromatic carbocycles. The third-order valence-electron chi connectivity index (χ3n) is 4.70. The van der Waals surface area contributed by atoms with E-state index in [4.69, 9.17) is 0 Å². The van der Waals surface area contributed by atoms with Gasteiger partial charge in [0.25, 0.3) is 5.91 Å². The minimum atomic E-state index is -0.0252. The minimum Gasteiger partial charge on any atom is -0.343 e. The van der Waals surface area contributed by atoms with E-state index in [2.05, 4.69) is 41.3 Å². The Morgan fingerprint density at radius 2 is 2.16 bits per heavy atom. The third kappa shape index (κ3) is 3.82. The van der Waals surface area contributed by atoms with E-state index in [-0.39, 0.29) is 5.91 Å². The van der Waals surface area contributed by atoms with E-state index >= 15 is 0 Å². The van der Waals surface area contributed by atoms with Gasteiger partial charge >= 0.3 is 0 Å². The van der Waals surface area contributed by atoms with Crippen LogP contribution in [0.25, 0.3) is 0 Å². The molecule has 132 valence electrons. The van der Waals surface area contributed by atoms with Gasteiger partial charge < -0.3 is 10.2 Å². The summed E-state index contributed by atoms with van der Waals surface area (Å²) in [6.45, 7) is 5.29. The van der Waals surface area contributed by atoms with E-state index in [0.717, 1.165) is 31.4 Å². The molecule has 1 aliphatic rings. The number of rotatable bonds is 6. The second kappa shape index (κ2) is 7.66. The molecule has 0 fully saturated rings. The van der Waals surface area contributed by atoms with Crippen LogP contribution in [-0.2, 0) is 25.9 Å². The highest BCUT2D eigenvalue weighted by atomic mass is 16.2. The maximum absolute atomic E-state index is 12.5. The summed E-state index contributed by atoms with van der Waals surface area (Å²) in [6, 6.07) is 10.8. The predicted octanol–water partition coefficient (Wildman–Crippen LogP) is 2.42. The highest BCUT2D eigenvalue weighted by Crippen LogP contribution is 2.26. The summed E-state index contributed by atoms with van der Waals surface area (Å²) in [4.78, 5) is 14.1. The molecule has 0 saturated carbocycles. The van der Waals surface area contributed by atoms with Crippen molar-refractivity contribution < 1.29 is 4.79 Å². The molecule has 0 saturated heterocycles. The first-order chi connectivity index (χ1) is 12.1. The lowest BCUT2D eigenvalue weighted by Crippen LogP contribution is -2.35. The number of fused-ring (bicyclic) bond motifs is 1. The lowest BCUT2D eigenvalue weighted by atomic mass is 9.91. The second-order valence-electron chi connectivity index (χ2n) is 6.75.